The first-order valence-corrected chi connectivity index (χ1v) is 9.41. The average Bonchev–Trinajstić information content (AvgIpc) is 2.67. The van der Waals surface area contributed by atoms with Crippen LogP contribution in [0.1, 0.15) is 46.5 Å². The summed E-state index contributed by atoms with van der Waals surface area (Å²) in [6.45, 7) is 6.27. The van der Waals surface area contributed by atoms with Gasteiger partial charge in [0.05, 0.1) is 11.2 Å². The van der Waals surface area contributed by atoms with Crippen molar-refractivity contribution in [1.82, 2.24) is 9.88 Å². The summed E-state index contributed by atoms with van der Waals surface area (Å²) < 4.78 is 0. The van der Waals surface area contributed by atoms with Crippen LogP contribution in [0.4, 0.5) is 5.69 Å². The fraction of sp³-hybridized carbons (Fsp3) is 0.476. The van der Waals surface area contributed by atoms with Crippen LogP contribution in [-0.4, -0.2) is 34.3 Å². The number of hydrogen-bond acceptors (Lipinski definition) is 3. The van der Waals surface area contributed by atoms with Crippen molar-refractivity contribution >= 4 is 28.4 Å². The van der Waals surface area contributed by atoms with E-state index < -0.39 is 5.41 Å². The number of likely N-dealkylation sites (tertiary alicyclic amines) is 1. The minimum atomic E-state index is -1.12. The minimum Gasteiger partial charge on any atom is -0.339 e. The van der Waals surface area contributed by atoms with Gasteiger partial charge in [-0.3, -0.25) is 14.6 Å². The Balaban J connectivity index is 1.82. The first-order valence-electron chi connectivity index (χ1n) is 9.41. The molecular weight excluding hydrogens is 326 g/mol. The second-order valence-electron chi connectivity index (χ2n) is 7.52. The minimum absolute atomic E-state index is 0.0882. The van der Waals surface area contributed by atoms with Gasteiger partial charge in [0.15, 0.2) is 0 Å². The van der Waals surface area contributed by atoms with E-state index in [4.69, 9.17) is 0 Å². The van der Waals surface area contributed by atoms with Crippen molar-refractivity contribution in [3.05, 3.63) is 36.5 Å². The van der Waals surface area contributed by atoms with E-state index in [9.17, 15) is 9.59 Å². The zero-order valence-corrected chi connectivity index (χ0v) is 15.8. The highest BCUT2D eigenvalue weighted by molar-refractivity contribution is 6.12. The number of nitrogens with one attached hydrogen (secondary N) is 1. The number of hydrogen-bond donors (Lipinski definition) is 1. The molecule has 2 aromatic rings. The molecule has 1 aliphatic rings. The number of anilines is 1. The molecule has 0 spiro atoms. The smallest absolute Gasteiger partial charge is 0.239 e. The predicted octanol–water partition coefficient (Wildman–Crippen LogP) is 3.99. The summed E-state index contributed by atoms with van der Waals surface area (Å²) in [6.07, 6.45) is 5.81. The van der Waals surface area contributed by atoms with Gasteiger partial charge in [0, 0.05) is 24.2 Å². The van der Waals surface area contributed by atoms with E-state index in [0.717, 1.165) is 43.1 Å². The van der Waals surface area contributed by atoms with E-state index in [1.807, 2.05) is 35.2 Å². The second kappa shape index (κ2) is 7.44. The summed E-state index contributed by atoms with van der Waals surface area (Å²) in [4.78, 5) is 32.4. The van der Waals surface area contributed by atoms with Crippen LogP contribution in [0.2, 0.25) is 0 Å². The van der Waals surface area contributed by atoms with E-state index in [2.05, 4.69) is 17.2 Å². The Labute approximate surface area is 154 Å². The number of carbonyl (C=O) groups is 2. The summed E-state index contributed by atoms with van der Waals surface area (Å²) in [5.74, 6) is -0.379. The van der Waals surface area contributed by atoms with Crippen LogP contribution in [0.15, 0.2) is 36.5 Å². The molecule has 1 aromatic carbocycles. The molecule has 26 heavy (non-hydrogen) atoms. The van der Waals surface area contributed by atoms with Crippen LogP contribution in [0.5, 0.6) is 0 Å². The number of nitrogens with zero attached hydrogens (tertiary/aromatic N) is 2. The molecule has 138 valence electrons. The number of fused-ring (bicyclic) bond motifs is 1. The molecule has 2 amide bonds. The monoisotopic (exact) mass is 353 g/mol. The summed E-state index contributed by atoms with van der Waals surface area (Å²) in [5, 5.41) is 3.88. The molecule has 5 nitrogen and oxygen atoms in total. The Morgan fingerprint density at radius 2 is 2.00 bits per heavy atom. The molecule has 1 aliphatic heterocycles. The molecule has 0 radical (unpaired) electrons. The van der Waals surface area contributed by atoms with Gasteiger partial charge in [0.2, 0.25) is 11.8 Å². The van der Waals surface area contributed by atoms with Crippen molar-refractivity contribution in [1.29, 1.82) is 0 Å². The van der Waals surface area contributed by atoms with Crippen molar-refractivity contribution in [2.24, 2.45) is 5.41 Å². The van der Waals surface area contributed by atoms with E-state index >= 15 is 0 Å². The third-order valence-corrected chi connectivity index (χ3v) is 5.34. The normalized spacial score (nSPS) is 18.0. The molecule has 5 heteroatoms. The lowest BCUT2D eigenvalue weighted by Crippen LogP contribution is -2.52. The Hall–Kier alpha value is -2.43. The second-order valence-corrected chi connectivity index (χ2v) is 7.52. The van der Waals surface area contributed by atoms with Gasteiger partial charge in [0.1, 0.15) is 5.41 Å². The lowest BCUT2D eigenvalue weighted by atomic mass is 9.87. The molecular formula is C21H27N3O2. The van der Waals surface area contributed by atoms with Crippen LogP contribution in [0.25, 0.3) is 10.9 Å². The number of benzene rings is 1. The maximum atomic E-state index is 13.1. The first kappa shape index (κ1) is 18.4. The summed E-state index contributed by atoms with van der Waals surface area (Å²) in [7, 11) is 0. The molecule has 1 unspecified atom stereocenters. The van der Waals surface area contributed by atoms with Gasteiger partial charge in [-0.25, -0.2) is 0 Å². The summed E-state index contributed by atoms with van der Waals surface area (Å²) >= 11 is 0. The zero-order chi connectivity index (χ0) is 18.7. The molecule has 3 rings (SSSR count). The molecule has 1 saturated heterocycles. The number of para-hydroxylation sites is 1. The van der Waals surface area contributed by atoms with Crippen molar-refractivity contribution in [3.63, 3.8) is 0 Å². The molecule has 1 atom stereocenters. The molecule has 2 heterocycles. The molecule has 1 fully saturated rings. The third kappa shape index (κ3) is 3.43. The predicted molar refractivity (Wildman–Crippen MR) is 104 cm³/mol. The van der Waals surface area contributed by atoms with Crippen LogP contribution in [-0.2, 0) is 9.59 Å². The number of aromatic nitrogens is 1. The van der Waals surface area contributed by atoms with E-state index in [1.54, 1.807) is 20.0 Å². The van der Waals surface area contributed by atoms with Gasteiger partial charge in [-0.2, -0.15) is 0 Å². The SMILES string of the molecule is CCC1CCCCN1C(=O)C(C)(C)C(=O)Nc1cccc2cccnc12. The Morgan fingerprint density at radius 3 is 2.77 bits per heavy atom. The lowest BCUT2D eigenvalue weighted by molar-refractivity contribution is -0.149. The number of carbonyl (C=O) groups excluding carboxylic acids is 2. The van der Waals surface area contributed by atoms with Gasteiger partial charge in [-0.15, -0.1) is 0 Å². The third-order valence-electron chi connectivity index (χ3n) is 5.34. The number of pyridine rings is 1. The van der Waals surface area contributed by atoms with Gasteiger partial charge < -0.3 is 10.2 Å². The van der Waals surface area contributed by atoms with Gasteiger partial charge in [0.25, 0.3) is 0 Å². The Bertz CT molecular complexity index is 811. The van der Waals surface area contributed by atoms with Crippen LogP contribution in [0.3, 0.4) is 0 Å². The van der Waals surface area contributed by atoms with E-state index in [0.29, 0.717) is 5.69 Å². The standard InChI is InChI=1S/C21H27N3O2/c1-4-16-11-5-6-14-24(16)20(26)21(2,3)19(25)23-17-12-7-9-15-10-8-13-22-18(15)17/h7-10,12-13,16H,4-6,11,14H2,1-3H3,(H,23,25). The highest BCUT2D eigenvalue weighted by atomic mass is 16.2. The van der Waals surface area contributed by atoms with Crippen molar-refractivity contribution < 1.29 is 9.59 Å². The molecule has 0 aliphatic carbocycles. The van der Waals surface area contributed by atoms with E-state index in [-0.39, 0.29) is 17.9 Å². The lowest BCUT2D eigenvalue weighted by Gasteiger charge is -2.39. The average molecular weight is 353 g/mol. The molecule has 0 bridgehead atoms. The highest BCUT2D eigenvalue weighted by Gasteiger charge is 2.41. The maximum Gasteiger partial charge on any atom is 0.239 e. The zero-order valence-electron chi connectivity index (χ0n) is 15.8. The molecule has 0 saturated carbocycles. The van der Waals surface area contributed by atoms with Crippen molar-refractivity contribution in [3.8, 4) is 0 Å². The van der Waals surface area contributed by atoms with Crippen LogP contribution in [0, 0.1) is 5.41 Å². The Morgan fingerprint density at radius 1 is 1.23 bits per heavy atom. The van der Waals surface area contributed by atoms with Crippen molar-refractivity contribution in [2.45, 2.75) is 52.5 Å². The summed E-state index contributed by atoms with van der Waals surface area (Å²) in [6, 6.07) is 9.71. The fourth-order valence-electron chi connectivity index (χ4n) is 3.63. The topological polar surface area (TPSA) is 62.3 Å². The van der Waals surface area contributed by atoms with Gasteiger partial charge >= 0.3 is 0 Å². The van der Waals surface area contributed by atoms with Gasteiger partial charge in [-0.1, -0.05) is 25.1 Å². The fourth-order valence-corrected chi connectivity index (χ4v) is 3.63. The highest BCUT2D eigenvalue weighted by Crippen LogP contribution is 2.29. The Kier molecular flexibility index (Phi) is 5.25. The number of piperidine rings is 1. The van der Waals surface area contributed by atoms with E-state index in [1.165, 1.54) is 0 Å². The number of amides is 2. The quantitative estimate of drug-likeness (QED) is 0.846. The summed E-state index contributed by atoms with van der Waals surface area (Å²) in [5.41, 5.74) is 0.248. The first-order chi connectivity index (χ1) is 12.4. The van der Waals surface area contributed by atoms with Gasteiger partial charge in [-0.05, 0) is 51.7 Å². The molecule has 1 N–H and O–H groups in total. The van der Waals surface area contributed by atoms with Crippen LogP contribution < -0.4 is 5.32 Å². The molecule has 1 aromatic heterocycles. The van der Waals surface area contributed by atoms with Crippen molar-refractivity contribution in [2.75, 3.05) is 11.9 Å². The van der Waals surface area contributed by atoms with Crippen LogP contribution >= 0.6 is 0 Å². The largest absolute Gasteiger partial charge is 0.339 e. The number of rotatable bonds is 4. The maximum absolute atomic E-state index is 13.1.